The van der Waals surface area contributed by atoms with Gasteiger partial charge in [-0.25, -0.2) is 0 Å². The number of thioether (sulfide) groups is 1. The van der Waals surface area contributed by atoms with E-state index in [1.54, 1.807) is 11.8 Å². The molecule has 0 aromatic heterocycles. The van der Waals surface area contributed by atoms with E-state index in [2.05, 4.69) is 85.5 Å². The molecular weight excluding hydrogens is 430 g/mol. The van der Waals surface area contributed by atoms with Crippen LogP contribution in [0.1, 0.15) is 36.8 Å². The lowest BCUT2D eigenvalue weighted by Crippen LogP contribution is -1.88. The van der Waals surface area contributed by atoms with Crippen molar-refractivity contribution in [1.29, 1.82) is 0 Å². The van der Waals surface area contributed by atoms with Crippen LogP contribution in [0, 0.1) is 0 Å². The van der Waals surface area contributed by atoms with Gasteiger partial charge < -0.3 is 5.73 Å². The Morgan fingerprint density at radius 2 is 1.44 bits per heavy atom. The molecule has 0 saturated heterocycles. The van der Waals surface area contributed by atoms with Crippen LogP contribution in [0.2, 0.25) is 0 Å². The van der Waals surface area contributed by atoms with Crippen LogP contribution in [0.5, 0.6) is 0 Å². The molecule has 1 aliphatic rings. The van der Waals surface area contributed by atoms with Gasteiger partial charge in [-0.15, -0.1) is 0 Å². The molecule has 0 heterocycles. The van der Waals surface area contributed by atoms with Crippen molar-refractivity contribution in [3.05, 3.63) is 121 Å². The summed E-state index contributed by atoms with van der Waals surface area (Å²) in [4.78, 5) is 2.04. The summed E-state index contributed by atoms with van der Waals surface area (Å²) in [6, 6.07) is 30.1. The third-order valence-electron chi connectivity index (χ3n) is 6.35. The number of hydrogen-bond acceptors (Lipinski definition) is 2. The number of nitrogen functional groups attached to an aromatic ring is 1. The molecular formula is C32H29NS. The molecule has 4 aromatic rings. The summed E-state index contributed by atoms with van der Waals surface area (Å²) in [6.45, 7) is 4.29. The molecule has 5 rings (SSSR count). The van der Waals surface area contributed by atoms with E-state index in [4.69, 9.17) is 5.73 Å². The highest BCUT2D eigenvalue weighted by Crippen LogP contribution is 2.37. The average molecular weight is 460 g/mol. The maximum absolute atomic E-state index is 6.11. The number of nitrogens with two attached hydrogens (primary N) is 1. The Balaban J connectivity index is 1.36. The van der Waals surface area contributed by atoms with Crippen LogP contribution in [-0.4, -0.2) is 0 Å². The summed E-state index contributed by atoms with van der Waals surface area (Å²) >= 11 is 1.62. The summed E-state index contributed by atoms with van der Waals surface area (Å²) in [6.07, 6.45) is 11.9. The fraction of sp³-hybridized carbons (Fsp3) is 0.125. The lowest BCUT2D eigenvalue weighted by Gasteiger charge is -2.11. The van der Waals surface area contributed by atoms with Gasteiger partial charge in [0.15, 0.2) is 0 Å². The van der Waals surface area contributed by atoms with Crippen LogP contribution in [0.4, 0.5) is 5.69 Å². The highest BCUT2D eigenvalue weighted by atomic mass is 32.2. The first-order valence-corrected chi connectivity index (χ1v) is 12.7. The monoisotopic (exact) mass is 459 g/mol. The zero-order valence-corrected chi connectivity index (χ0v) is 20.2. The summed E-state index contributed by atoms with van der Waals surface area (Å²) in [5, 5.41) is 2.44. The largest absolute Gasteiger partial charge is 0.398 e. The predicted octanol–water partition coefficient (Wildman–Crippen LogP) is 9.37. The Hall–Kier alpha value is -3.49. The van der Waals surface area contributed by atoms with Crippen LogP contribution in [0.15, 0.2) is 115 Å². The number of fused-ring (bicyclic) bond motifs is 1. The van der Waals surface area contributed by atoms with E-state index in [1.807, 2.05) is 24.3 Å². The quantitative estimate of drug-likeness (QED) is 0.238. The molecule has 2 N–H and O–H groups in total. The third-order valence-corrected chi connectivity index (χ3v) is 7.43. The second-order valence-corrected chi connectivity index (χ2v) is 9.90. The van der Waals surface area contributed by atoms with E-state index in [1.165, 1.54) is 52.3 Å². The van der Waals surface area contributed by atoms with Gasteiger partial charge in [-0.3, -0.25) is 0 Å². The SMILES string of the molecule is C=C(Sc1ccccc1N)c1ccc2cc(-c3ccc(C4=C/CCCC/C=C\4)cc3)ccc2c1. The summed E-state index contributed by atoms with van der Waals surface area (Å²) in [7, 11) is 0. The first-order valence-electron chi connectivity index (χ1n) is 11.9. The van der Waals surface area contributed by atoms with Crippen molar-refractivity contribution >= 4 is 38.7 Å². The van der Waals surface area contributed by atoms with Crippen molar-refractivity contribution in [3.63, 3.8) is 0 Å². The van der Waals surface area contributed by atoms with Gasteiger partial charge >= 0.3 is 0 Å². The van der Waals surface area contributed by atoms with Crippen molar-refractivity contribution in [2.75, 3.05) is 5.73 Å². The number of allylic oxidation sites excluding steroid dienone is 4. The lowest BCUT2D eigenvalue weighted by atomic mass is 9.96. The molecule has 0 bridgehead atoms. The van der Waals surface area contributed by atoms with Crippen LogP contribution >= 0.6 is 11.8 Å². The Morgan fingerprint density at radius 1 is 0.735 bits per heavy atom. The summed E-state index contributed by atoms with van der Waals surface area (Å²) < 4.78 is 0. The Labute approximate surface area is 206 Å². The van der Waals surface area contributed by atoms with Gasteiger partial charge in [0.1, 0.15) is 0 Å². The van der Waals surface area contributed by atoms with E-state index in [0.29, 0.717) is 0 Å². The molecule has 0 atom stereocenters. The second-order valence-electron chi connectivity index (χ2n) is 8.76. The molecule has 0 aliphatic heterocycles. The van der Waals surface area contributed by atoms with E-state index in [-0.39, 0.29) is 0 Å². The fourth-order valence-corrected chi connectivity index (χ4v) is 5.22. The first-order chi connectivity index (χ1) is 16.7. The van der Waals surface area contributed by atoms with E-state index >= 15 is 0 Å². The van der Waals surface area contributed by atoms with Gasteiger partial charge in [0.2, 0.25) is 0 Å². The van der Waals surface area contributed by atoms with Crippen molar-refractivity contribution < 1.29 is 0 Å². The van der Waals surface area contributed by atoms with Gasteiger partial charge in [0.25, 0.3) is 0 Å². The maximum Gasteiger partial charge on any atom is 0.0455 e. The topological polar surface area (TPSA) is 26.0 Å². The number of hydrogen-bond donors (Lipinski definition) is 1. The molecule has 2 heteroatoms. The molecule has 1 nitrogen and oxygen atoms in total. The van der Waals surface area contributed by atoms with Gasteiger partial charge in [-0.05, 0) is 88.5 Å². The molecule has 0 radical (unpaired) electrons. The standard InChI is InChI=1S/C32H29NS/c1-23(34-32-12-8-7-11-31(32)33)27-17-18-30-22-28(19-20-29(30)21-27)26-15-13-25(14-16-26)24-9-5-3-2-4-6-10-24/h5,7-22H,1-4,6,33H2/b9-5-,24-10+. The van der Waals surface area contributed by atoms with Crippen LogP contribution < -0.4 is 5.73 Å². The van der Waals surface area contributed by atoms with Crippen LogP contribution in [0.3, 0.4) is 0 Å². The normalized spacial score (nSPS) is 16.3. The summed E-state index contributed by atoms with van der Waals surface area (Å²) in [5.41, 5.74) is 13.1. The molecule has 4 aromatic carbocycles. The zero-order chi connectivity index (χ0) is 23.3. The second kappa shape index (κ2) is 10.2. The Morgan fingerprint density at radius 3 is 2.29 bits per heavy atom. The molecule has 0 fully saturated rings. The number of benzene rings is 4. The molecule has 0 amide bonds. The van der Waals surface area contributed by atoms with Crippen LogP contribution in [0.25, 0.3) is 32.4 Å². The number of anilines is 1. The lowest BCUT2D eigenvalue weighted by molar-refractivity contribution is 0.759. The minimum Gasteiger partial charge on any atom is -0.398 e. The third kappa shape index (κ3) is 5.03. The molecule has 168 valence electrons. The first kappa shape index (κ1) is 22.3. The van der Waals surface area contributed by atoms with E-state index < -0.39 is 0 Å². The van der Waals surface area contributed by atoms with Crippen LogP contribution in [-0.2, 0) is 0 Å². The minimum absolute atomic E-state index is 0.784. The Kier molecular flexibility index (Phi) is 6.69. The molecule has 0 unspecified atom stereocenters. The van der Waals surface area contributed by atoms with Crippen molar-refractivity contribution in [2.24, 2.45) is 0 Å². The van der Waals surface area contributed by atoms with Gasteiger partial charge in [-0.1, -0.05) is 97.2 Å². The predicted molar refractivity (Wildman–Crippen MR) is 151 cm³/mol. The molecule has 34 heavy (non-hydrogen) atoms. The highest BCUT2D eigenvalue weighted by molar-refractivity contribution is 8.08. The fourth-order valence-electron chi connectivity index (χ4n) is 4.38. The molecule has 0 saturated carbocycles. The van der Waals surface area contributed by atoms with Gasteiger partial charge in [-0.2, -0.15) is 0 Å². The number of para-hydroxylation sites is 1. The minimum atomic E-state index is 0.784. The smallest absolute Gasteiger partial charge is 0.0455 e. The molecule has 1 aliphatic carbocycles. The summed E-state index contributed by atoms with van der Waals surface area (Å²) in [5.74, 6) is 0. The zero-order valence-electron chi connectivity index (χ0n) is 19.3. The Bertz CT molecular complexity index is 1390. The van der Waals surface area contributed by atoms with Crippen molar-refractivity contribution in [3.8, 4) is 11.1 Å². The maximum atomic E-state index is 6.11. The highest BCUT2D eigenvalue weighted by Gasteiger charge is 2.07. The van der Waals surface area contributed by atoms with Crippen molar-refractivity contribution in [2.45, 2.75) is 30.6 Å². The molecule has 0 spiro atoms. The van der Waals surface area contributed by atoms with E-state index in [0.717, 1.165) is 27.5 Å². The van der Waals surface area contributed by atoms with Crippen molar-refractivity contribution in [1.82, 2.24) is 0 Å². The average Bonchev–Trinajstić information content (AvgIpc) is 2.85. The van der Waals surface area contributed by atoms with Gasteiger partial charge in [0, 0.05) is 15.5 Å². The van der Waals surface area contributed by atoms with E-state index in [9.17, 15) is 0 Å². The number of rotatable bonds is 5. The van der Waals surface area contributed by atoms with Gasteiger partial charge in [0.05, 0.1) is 0 Å².